The summed E-state index contributed by atoms with van der Waals surface area (Å²) >= 11 is 0. The number of ether oxygens (including phenoxy) is 2. The molecule has 24 heavy (non-hydrogen) atoms. The molecule has 1 aromatic rings. The van der Waals surface area contributed by atoms with Crippen LogP contribution in [0.3, 0.4) is 0 Å². The number of halogens is 3. The molecule has 0 aromatic heterocycles. The lowest BCUT2D eigenvalue weighted by molar-refractivity contribution is -0.139. The Morgan fingerprint density at radius 2 is 2.00 bits per heavy atom. The third-order valence-electron chi connectivity index (χ3n) is 2.75. The number of carbonyl (C=O) groups excluding carboxylic acids is 2. The van der Waals surface area contributed by atoms with Crippen molar-refractivity contribution in [1.82, 2.24) is 0 Å². The van der Waals surface area contributed by atoms with Gasteiger partial charge in [-0.25, -0.2) is 4.79 Å². The van der Waals surface area contributed by atoms with Crippen LogP contribution in [-0.2, 0) is 9.53 Å². The van der Waals surface area contributed by atoms with E-state index in [1.54, 1.807) is 0 Å². The van der Waals surface area contributed by atoms with Crippen LogP contribution in [0.1, 0.15) is 30.1 Å². The molecule has 8 heteroatoms. The Morgan fingerprint density at radius 3 is 2.58 bits per heavy atom. The molecule has 0 bridgehead atoms. The third kappa shape index (κ3) is 6.72. The Kier molecular flexibility index (Phi) is 7.29. The second kappa shape index (κ2) is 8.95. The van der Waals surface area contributed by atoms with Crippen LogP contribution in [0.5, 0.6) is 5.75 Å². The van der Waals surface area contributed by atoms with E-state index in [0.717, 1.165) is 6.08 Å². The zero-order valence-electron chi connectivity index (χ0n) is 13.1. The molecule has 0 aliphatic carbocycles. The van der Waals surface area contributed by atoms with Crippen LogP contribution in [-0.4, -0.2) is 31.3 Å². The standard InChI is InChI=1S/C16H18F3NO4/c1-3-8-24-15(22)12-6-5-11(23-9-7-16(17,18)19)10-13(12)20-14(21)4-2/h4-6,10H,2-3,7-9H2,1H3,(H,20,21). The lowest BCUT2D eigenvalue weighted by atomic mass is 10.1. The number of anilines is 1. The Balaban J connectivity index is 2.93. The van der Waals surface area contributed by atoms with Crippen LogP contribution in [0.4, 0.5) is 18.9 Å². The molecule has 1 rings (SSSR count). The molecule has 0 saturated carbocycles. The molecule has 0 aliphatic heterocycles. The number of amides is 1. The highest BCUT2D eigenvalue weighted by Gasteiger charge is 2.27. The van der Waals surface area contributed by atoms with Crippen molar-refractivity contribution in [2.45, 2.75) is 25.9 Å². The Bertz CT molecular complexity index is 599. The lowest BCUT2D eigenvalue weighted by Crippen LogP contribution is -2.15. The number of alkyl halides is 3. The molecule has 1 N–H and O–H groups in total. The van der Waals surface area contributed by atoms with Gasteiger partial charge in [-0.2, -0.15) is 13.2 Å². The summed E-state index contributed by atoms with van der Waals surface area (Å²) in [6.45, 7) is 4.75. The molecule has 5 nitrogen and oxygen atoms in total. The molecule has 0 unspecified atom stereocenters. The summed E-state index contributed by atoms with van der Waals surface area (Å²) < 4.78 is 46.4. The van der Waals surface area contributed by atoms with E-state index in [4.69, 9.17) is 9.47 Å². The van der Waals surface area contributed by atoms with E-state index < -0.39 is 31.1 Å². The van der Waals surface area contributed by atoms with E-state index in [2.05, 4.69) is 11.9 Å². The quantitative estimate of drug-likeness (QED) is 0.576. The average molecular weight is 345 g/mol. The Hall–Kier alpha value is -2.51. The number of rotatable bonds is 8. The first kappa shape index (κ1) is 19.5. The zero-order chi connectivity index (χ0) is 18.2. The van der Waals surface area contributed by atoms with Crippen molar-refractivity contribution in [3.8, 4) is 5.75 Å². The highest BCUT2D eigenvalue weighted by atomic mass is 19.4. The summed E-state index contributed by atoms with van der Waals surface area (Å²) in [5, 5.41) is 2.40. The van der Waals surface area contributed by atoms with Crippen molar-refractivity contribution in [1.29, 1.82) is 0 Å². The maximum absolute atomic E-state index is 12.1. The number of hydrogen-bond donors (Lipinski definition) is 1. The second-order valence-corrected chi connectivity index (χ2v) is 4.75. The van der Waals surface area contributed by atoms with Gasteiger partial charge in [-0.05, 0) is 24.6 Å². The van der Waals surface area contributed by atoms with Gasteiger partial charge >= 0.3 is 12.1 Å². The van der Waals surface area contributed by atoms with Crippen molar-refractivity contribution in [3.63, 3.8) is 0 Å². The second-order valence-electron chi connectivity index (χ2n) is 4.75. The predicted molar refractivity (Wildman–Crippen MR) is 82.0 cm³/mol. The van der Waals surface area contributed by atoms with Gasteiger partial charge in [0, 0.05) is 6.07 Å². The number of carbonyl (C=O) groups is 2. The topological polar surface area (TPSA) is 64.6 Å². The SMILES string of the molecule is C=CC(=O)Nc1cc(OCCC(F)(F)F)ccc1C(=O)OCCC. The molecule has 0 radical (unpaired) electrons. The highest BCUT2D eigenvalue weighted by molar-refractivity contribution is 6.05. The minimum atomic E-state index is -4.33. The van der Waals surface area contributed by atoms with E-state index in [-0.39, 0.29) is 23.6 Å². The Labute approximate surface area is 137 Å². The van der Waals surface area contributed by atoms with Gasteiger partial charge in [-0.15, -0.1) is 0 Å². The molecule has 0 saturated heterocycles. The van der Waals surface area contributed by atoms with E-state index in [9.17, 15) is 22.8 Å². The summed E-state index contributed by atoms with van der Waals surface area (Å²) in [5.41, 5.74) is 0.146. The molecule has 1 amide bonds. The molecule has 1 aromatic carbocycles. The first-order valence-electron chi connectivity index (χ1n) is 7.21. The van der Waals surface area contributed by atoms with Crippen molar-refractivity contribution >= 4 is 17.6 Å². The zero-order valence-corrected chi connectivity index (χ0v) is 13.1. The summed E-state index contributed by atoms with van der Waals surface area (Å²) in [4.78, 5) is 23.4. The molecular weight excluding hydrogens is 327 g/mol. The molecular formula is C16H18F3NO4. The van der Waals surface area contributed by atoms with E-state index in [1.807, 2.05) is 6.92 Å². The van der Waals surface area contributed by atoms with Crippen molar-refractivity contribution < 1.29 is 32.2 Å². The normalized spacial score (nSPS) is 10.8. The molecule has 0 fully saturated rings. The van der Waals surface area contributed by atoms with Gasteiger partial charge in [-0.3, -0.25) is 4.79 Å². The molecule has 0 aliphatic rings. The summed E-state index contributed by atoms with van der Waals surface area (Å²) in [6, 6.07) is 3.92. The van der Waals surface area contributed by atoms with Crippen molar-refractivity contribution in [2.75, 3.05) is 18.5 Å². The van der Waals surface area contributed by atoms with Crippen molar-refractivity contribution in [3.05, 3.63) is 36.4 Å². The van der Waals surface area contributed by atoms with Crippen molar-refractivity contribution in [2.24, 2.45) is 0 Å². The van der Waals surface area contributed by atoms with Gasteiger partial charge < -0.3 is 14.8 Å². The average Bonchev–Trinajstić information content (AvgIpc) is 2.51. The minimum absolute atomic E-state index is 0.0711. The molecule has 0 atom stereocenters. The first-order valence-corrected chi connectivity index (χ1v) is 7.21. The van der Waals surface area contributed by atoms with E-state index >= 15 is 0 Å². The van der Waals surface area contributed by atoms with Gasteiger partial charge in [0.2, 0.25) is 5.91 Å². The molecule has 0 spiro atoms. The fourth-order valence-electron chi connectivity index (χ4n) is 1.64. The van der Waals surface area contributed by atoms with Gasteiger partial charge in [0.1, 0.15) is 5.75 Å². The summed E-state index contributed by atoms with van der Waals surface area (Å²) in [6.07, 6.45) is -3.82. The lowest BCUT2D eigenvalue weighted by Gasteiger charge is -2.13. The first-order chi connectivity index (χ1) is 11.3. The largest absolute Gasteiger partial charge is 0.493 e. The van der Waals surface area contributed by atoms with Gasteiger partial charge in [0.05, 0.1) is 30.9 Å². The van der Waals surface area contributed by atoms with Crippen LogP contribution in [0.15, 0.2) is 30.9 Å². The predicted octanol–water partition coefficient (Wildman–Crippen LogP) is 3.71. The van der Waals surface area contributed by atoms with Crippen LogP contribution >= 0.6 is 0 Å². The minimum Gasteiger partial charge on any atom is -0.493 e. The van der Waals surface area contributed by atoms with Crippen LogP contribution < -0.4 is 10.1 Å². The summed E-state index contributed by atoms with van der Waals surface area (Å²) in [5.74, 6) is -1.14. The smallest absolute Gasteiger partial charge is 0.392 e. The summed E-state index contributed by atoms with van der Waals surface area (Å²) in [7, 11) is 0. The maximum atomic E-state index is 12.1. The molecule has 132 valence electrons. The number of hydrogen-bond acceptors (Lipinski definition) is 4. The number of benzene rings is 1. The van der Waals surface area contributed by atoms with E-state index in [0.29, 0.717) is 6.42 Å². The van der Waals surface area contributed by atoms with E-state index in [1.165, 1.54) is 18.2 Å². The van der Waals surface area contributed by atoms with Gasteiger partial charge in [-0.1, -0.05) is 13.5 Å². The van der Waals surface area contributed by atoms with Crippen LogP contribution in [0.25, 0.3) is 0 Å². The fourth-order valence-corrected chi connectivity index (χ4v) is 1.64. The Morgan fingerprint density at radius 1 is 1.29 bits per heavy atom. The number of nitrogens with one attached hydrogen (secondary N) is 1. The van der Waals surface area contributed by atoms with Gasteiger partial charge in [0.15, 0.2) is 0 Å². The number of esters is 1. The van der Waals surface area contributed by atoms with Gasteiger partial charge in [0.25, 0.3) is 0 Å². The monoisotopic (exact) mass is 345 g/mol. The molecule has 0 heterocycles. The van der Waals surface area contributed by atoms with Crippen LogP contribution in [0.2, 0.25) is 0 Å². The highest BCUT2D eigenvalue weighted by Crippen LogP contribution is 2.25. The fraction of sp³-hybridized carbons (Fsp3) is 0.375. The third-order valence-corrected chi connectivity index (χ3v) is 2.75. The van der Waals surface area contributed by atoms with Crippen LogP contribution in [0, 0.1) is 0 Å². The maximum Gasteiger partial charge on any atom is 0.392 e.